The Morgan fingerprint density at radius 3 is 2.29 bits per heavy atom. The van der Waals surface area contributed by atoms with Crippen LogP contribution in [0.2, 0.25) is 0 Å². The van der Waals surface area contributed by atoms with E-state index in [2.05, 4.69) is 27.7 Å². The summed E-state index contributed by atoms with van der Waals surface area (Å²) in [5.41, 5.74) is 1.39. The Bertz CT molecular complexity index is 1110. The molecule has 0 atom stereocenters. The third-order valence-corrected chi connectivity index (χ3v) is 5.24. The molecule has 0 saturated carbocycles. The number of aromatic nitrogens is 2. The predicted molar refractivity (Wildman–Crippen MR) is 122 cm³/mol. The van der Waals surface area contributed by atoms with Crippen molar-refractivity contribution in [2.75, 3.05) is 27.9 Å². The summed E-state index contributed by atoms with van der Waals surface area (Å²) >= 11 is 2.12. The van der Waals surface area contributed by atoms with Crippen LogP contribution in [-0.2, 0) is 9.47 Å². The SMILES string of the molecule is CCOc1cc(-c2nn(-c3ccccc3)c(C(=O)OC)c2C(=O)OC)cc(I)c1OC. The Kier molecular flexibility index (Phi) is 7.16. The quantitative estimate of drug-likeness (QED) is 0.332. The van der Waals surface area contributed by atoms with E-state index in [0.29, 0.717) is 29.4 Å². The molecule has 0 amide bonds. The number of hydrogen-bond acceptors (Lipinski definition) is 7. The van der Waals surface area contributed by atoms with Gasteiger partial charge in [-0.3, -0.25) is 0 Å². The molecule has 1 aromatic heterocycles. The lowest BCUT2D eigenvalue weighted by atomic mass is 10.0. The zero-order chi connectivity index (χ0) is 22.5. The Labute approximate surface area is 193 Å². The van der Waals surface area contributed by atoms with Crippen LogP contribution in [0.5, 0.6) is 11.5 Å². The van der Waals surface area contributed by atoms with Gasteiger partial charge in [-0.2, -0.15) is 5.10 Å². The third kappa shape index (κ3) is 4.36. The fourth-order valence-corrected chi connectivity index (χ4v) is 3.94. The van der Waals surface area contributed by atoms with E-state index in [4.69, 9.17) is 18.9 Å². The maximum atomic E-state index is 12.8. The van der Waals surface area contributed by atoms with Gasteiger partial charge in [0.1, 0.15) is 11.3 Å². The van der Waals surface area contributed by atoms with Crippen LogP contribution in [0.3, 0.4) is 0 Å². The van der Waals surface area contributed by atoms with Crippen molar-refractivity contribution in [3.8, 4) is 28.4 Å². The van der Waals surface area contributed by atoms with E-state index in [1.54, 1.807) is 43.5 Å². The predicted octanol–water partition coefficient (Wildman–Crippen LogP) is 4.12. The molecular weight excluding hydrogens is 515 g/mol. The summed E-state index contributed by atoms with van der Waals surface area (Å²) in [7, 11) is 4.05. The van der Waals surface area contributed by atoms with E-state index in [-0.39, 0.29) is 17.0 Å². The highest BCUT2D eigenvalue weighted by molar-refractivity contribution is 14.1. The summed E-state index contributed by atoms with van der Waals surface area (Å²) in [6.07, 6.45) is 0. The molecule has 0 bridgehead atoms. The first-order valence-corrected chi connectivity index (χ1v) is 10.4. The maximum absolute atomic E-state index is 12.8. The molecule has 162 valence electrons. The van der Waals surface area contributed by atoms with E-state index in [9.17, 15) is 9.59 Å². The molecule has 9 heteroatoms. The van der Waals surface area contributed by atoms with Crippen LogP contribution in [0.25, 0.3) is 16.9 Å². The molecule has 0 unspecified atom stereocenters. The van der Waals surface area contributed by atoms with Crippen molar-refractivity contribution in [3.63, 3.8) is 0 Å². The zero-order valence-corrected chi connectivity index (χ0v) is 19.6. The average molecular weight is 536 g/mol. The van der Waals surface area contributed by atoms with E-state index in [0.717, 1.165) is 3.57 Å². The van der Waals surface area contributed by atoms with Gasteiger partial charge in [-0.1, -0.05) is 18.2 Å². The number of halogens is 1. The van der Waals surface area contributed by atoms with Crippen LogP contribution in [0.1, 0.15) is 27.8 Å². The first-order valence-electron chi connectivity index (χ1n) is 9.32. The van der Waals surface area contributed by atoms with Crippen LogP contribution in [0.4, 0.5) is 0 Å². The summed E-state index contributed by atoms with van der Waals surface area (Å²) in [5, 5.41) is 4.60. The summed E-state index contributed by atoms with van der Waals surface area (Å²) in [6, 6.07) is 12.5. The number of benzene rings is 2. The second-order valence-electron chi connectivity index (χ2n) is 6.23. The highest BCUT2D eigenvalue weighted by Gasteiger charge is 2.32. The smallest absolute Gasteiger partial charge is 0.357 e. The number of carbonyl (C=O) groups is 2. The number of hydrogen-bond donors (Lipinski definition) is 0. The monoisotopic (exact) mass is 536 g/mol. The van der Waals surface area contributed by atoms with Crippen LogP contribution < -0.4 is 9.47 Å². The Morgan fingerprint density at radius 1 is 1.03 bits per heavy atom. The topological polar surface area (TPSA) is 88.9 Å². The highest BCUT2D eigenvalue weighted by atomic mass is 127. The molecule has 0 spiro atoms. The highest BCUT2D eigenvalue weighted by Crippen LogP contribution is 2.39. The lowest BCUT2D eigenvalue weighted by Gasteiger charge is -2.13. The lowest BCUT2D eigenvalue weighted by Crippen LogP contribution is -2.15. The molecule has 0 aliphatic heterocycles. The Balaban J connectivity index is 2.36. The van der Waals surface area contributed by atoms with Gasteiger partial charge in [-0.25, -0.2) is 14.3 Å². The molecule has 0 aliphatic rings. The number of rotatable bonds is 7. The van der Waals surface area contributed by atoms with Gasteiger partial charge in [0.15, 0.2) is 17.2 Å². The minimum absolute atomic E-state index is 0.00150. The summed E-state index contributed by atoms with van der Waals surface area (Å²) in [4.78, 5) is 25.5. The molecule has 3 aromatic rings. The molecule has 0 aliphatic carbocycles. The van der Waals surface area contributed by atoms with Gasteiger partial charge in [0, 0.05) is 5.56 Å². The van der Waals surface area contributed by atoms with Gasteiger partial charge < -0.3 is 18.9 Å². The van der Waals surface area contributed by atoms with Crippen LogP contribution >= 0.6 is 22.6 Å². The maximum Gasteiger partial charge on any atom is 0.357 e. The summed E-state index contributed by atoms with van der Waals surface area (Å²) < 4.78 is 23.2. The fraction of sp³-hybridized carbons (Fsp3) is 0.227. The zero-order valence-electron chi connectivity index (χ0n) is 17.5. The molecule has 0 fully saturated rings. The molecule has 0 N–H and O–H groups in total. The minimum Gasteiger partial charge on any atom is -0.492 e. The fourth-order valence-electron chi connectivity index (χ4n) is 3.12. The van der Waals surface area contributed by atoms with Crippen molar-refractivity contribution in [1.82, 2.24) is 9.78 Å². The molecular formula is C22H21IN2O6. The second-order valence-corrected chi connectivity index (χ2v) is 7.39. The number of esters is 2. The van der Waals surface area contributed by atoms with Gasteiger partial charge in [0.25, 0.3) is 0 Å². The number of ether oxygens (including phenoxy) is 4. The number of carbonyl (C=O) groups excluding carboxylic acids is 2. The van der Waals surface area contributed by atoms with Crippen molar-refractivity contribution in [1.29, 1.82) is 0 Å². The van der Waals surface area contributed by atoms with Crippen molar-refractivity contribution < 1.29 is 28.5 Å². The normalized spacial score (nSPS) is 10.5. The minimum atomic E-state index is -0.712. The largest absolute Gasteiger partial charge is 0.492 e. The van der Waals surface area contributed by atoms with Crippen molar-refractivity contribution in [2.24, 2.45) is 0 Å². The Hall–Kier alpha value is -3.08. The number of methoxy groups -OCH3 is 3. The van der Waals surface area contributed by atoms with E-state index in [1.165, 1.54) is 18.9 Å². The summed E-state index contributed by atoms with van der Waals surface area (Å²) in [5.74, 6) is -0.351. The van der Waals surface area contributed by atoms with Crippen molar-refractivity contribution >= 4 is 34.5 Å². The molecule has 8 nitrogen and oxygen atoms in total. The van der Waals surface area contributed by atoms with Gasteiger partial charge in [0.05, 0.1) is 37.2 Å². The van der Waals surface area contributed by atoms with E-state index in [1.807, 2.05) is 13.0 Å². The van der Waals surface area contributed by atoms with E-state index >= 15 is 0 Å². The van der Waals surface area contributed by atoms with E-state index < -0.39 is 11.9 Å². The Morgan fingerprint density at radius 2 is 1.71 bits per heavy atom. The molecule has 3 rings (SSSR count). The van der Waals surface area contributed by atoms with Gasteiger partial charge in [-0.15, -0.1) is 0 Å². The molecule has 2 aromatic carbocycles. The first kappa shape index (κ1) is 22.6. The number of nitrogens with zero attached hydrogens (tertiary/aromatic N) is 2. The first-order chi connectivity index (χ1) is 15.0. The van der Waals surface area contributed by atoms with Gasteiger partial charge in [-0.05, 0) is 53.8 Å². The third-order valence-electron chi connectivity index (χ3n) is 4.44. The van der Waals surface area contributed by atoms with Crippen molar-refractivity contribution in [3.05, 3.63) is 57.3 Å². The van der Waals surface area contributed by atoms with Crippen molar-refractivity contribution in [2.45, 2.75) is 6.92 Å². The van der Waals surface area contributed by atoms with Crippen LogP contribution in [0, 0.1) is 3.57 Å². The van der Waals surface area contributed by atoms with Crippen LogP contribution in [0.15, 0.2) is 42.5 Å². The standard InChI is InChI=1S/C22H21IN2O6/c1-5-31-16-12-13(11-15(23)20(16)28-2)18-17(21(26)29-3)19(22(27)30-4)25(24-18)14-9-7-6-8-10-14/h6-12H,5H2,1-4H3. The molecule has 31 heavy (non-hydrogen) atoms. The second kappa shape index (κ2) is 9.82. The average Bonchev–Trinajstić information content (AvgIpc) is 3.19. The summed E-state index contributed by atoms with van der Waals surface area (Å²) in [6.45, 7) is 2.28. The number of para-hydroxylation sites is 1. The molecule has 0 saturated heterocycles. The van der Waals surface area contributed by atoms with Gasteiger partial charge >= 0.3 is 11.9 Å². The molecule has 1 heterocycles. The lowest BCUT2D eigenvalue weighted by molar-refractivity contribution is 0.0549. The van der Waals surface area contributed by atoms with Gasteiger partial charge in [0.2, 0.25) is 0 Å². The van der Waals surface area contributed by atoms with Crippen LogP contribution in [-0.4, -0.2) is 49.7 Å². The molecule has 0 radical (unpaired) electrons.